The number of hydrogen-bond acceptors (Lipinski definition) is 4. The molecule has 1 amide bonds. The zero-order valence-electron chi connectivity index (χ0n) is 14.2. The van der Waals surface area contributed by atoms with Gasteiger partial charge in [0, 0.05) is 0 Å². The molecule has 26 heavy (non-hydrogen) atoms. The fourth-order valence-corrected chi connectivity index (χ4v) is 2.35. The summed E-state index contributed by atoms with van der Waals surface area (Å²) >= 11 is 0. The first-order valence-corrected chi connectivity index (χ1v) is 8.18. The standard InChI is InChI=1S/C21H19N3O2/c22-21(25)16-26-20-13-11-17(12-14-20)15-23-24(18-7-3-1-4-8-18)19-9-5-2-6-10-19/h1-15H,16H2,(H2,22,25)/b23-15-. The summed E-state index contributed by atoms with van der Waals surface area (Å²) in [7, 11) is 0. The SMILES string of the molecule is NC(=O)COc1ccc(/C=N\N(c2ccccc2)c2ccccc2)cc1. The number of primary amides is 1. The van der Waals surface area contributed by atoms with Crippen LogP contribution in [0.25, 0.3) is 0 Å². The van der Waals surface area contributed by atoms with Gasteiger partial charge in [0.15, 0.2) is 6.61 Å². The molecule has 130 valence electrons. The predicted molar refractivity (Wildman–Crippen MR) is 104 cm³/mol. The number of hydrogen-bond donors (Lipinski definition) is 1. The molecule has 0 aliphatic carbocycles. The molecule has 0 aromatic heterocycles. The van der Waals surface area contributed by atoms with Gasteiger partial charge in [-0.25, -0.2) is 5.01 Å². The van der Waals surface area contributed by atoms with Gasteiger partial charge in [-0.3, -0.25) is 4.79 Å². The van der Waals surface area contributed by atoms with Crippen molar-refractivity contribution in [1.29, 1.82) is 0 Å². The van der Waals surface area contributed by atoms with Crippen LogP contribution in [0.15, 0.2) is 90.0 Å². The van der Waals surface area contributed by atoms with E-state index in [9.17, 15) is 4.79 Å². The van der Waals surface area contributed by atoms with E-state index in [-0.39, 0.29) is 6.61 Å². The van der Waals surface area contributed by atoms with Crippen molar-refractivity contribution in [2.24, 2.45) is 10.8 Å². The highest BCUT2D eigenvalue weighted by Crippen LogP contribution is 2.25. The number of nitrogens with zero attached hydrogens (tertiary/aromatic N) is 2. The first-order chi connectivity index (χ1) is 12.7. The number of para-hydroxylation sites is 2. The lowest BCUT2D eigenvalue weighted by Gasteiger charge is -2.19. The van der Waals surface area contributed by atoms with Gasteiger partial charge < -0.3 is 10.5 Å². The Balaban J connectivity index is 1.79. The number of amides is 1. The normalized spacial score (nSPS) is 10.6. The topological polar surface area (TPSA) is 67.9 Å². The third-order valence-electron chi connectivity index (χ3n) is 3.58. The summed E-state index contributed by atoms with van der Waals surface area (Å²) in [6, 6.07) is 27.2. The van der Waals surface area contributed by atoms with Crippen molar-refractivity contribution in [2.75, 3.05) is 11.6 Å². The van der Waals surface area contributed by atoms with E-state index in [2.05, 4.69) is 5.10 Å². The van der Waals surface area contributed by atoms with Gasteiger partial charge in [0.2, 0.25) is 0 Å². The van der Waals surface area contributed by atoms with Gasteiger partial charge in [-0.1, -0.05) is 36.4 Å². The molecular weight excluding hydrogens is 326 g/mol. The minimum atomic E-state index is -0.503. The summed E-state index contributed by atoms with van der Waals surface area (Å²) in [5.41, 5.74) is 7.92. The highest BCUT2D eigenvalue weighted by Gasteiger charge is 2.06. The molecule has 0 saturated heterocycles. The molecule has 3 aromatic rings. The number of nitrogens with two attached hydrogens (primary N) is 1. The van der Waals surface area contributed by atoms with E-state index in [1.54, 1.807) is 18.3 Å². The lowest BCUT2D eigenvalue weighted by atomic mass is 10.2. The zero-order chi connectivity index (χ0) is 18.2. The molecule has 3 rings (SSSR count). The van der Waals surface area contributed by atoms with E-state index >= 15 is 0 Å². The van der Waals surface area contributed by atoms with Crippen LogP contribution < -0.4 is 15.5 Å². The van der Waals surface area contributed by atoms with Crippen LogP contribution in [0.1, 0.15) is 5.56 Å². The van der Waals surface area contributed by atoms with Crippen LogP contribution >= 0.6 is 0 Å². The molecule has 0 saturated carbocycles. The van der Waals surface area contributed by atoms with Crippen LogP contribution in [0, 0.1) is 0 Å². The molecule has 5 nitrogen and oxygen atoms in total. The van der Waals surface area contributed by atoms with Crippen molar-refractivity contribution in [3.8, 4) is 5.75 Å². The quantitative estimate of drug-likeness (QED) is 0.524. The molecule has 0 aliphatic heterocycles. The molecule has 0 fully saturated rings. The maximum absolute atomic E-state index is 10.8. The number of carbonyl (C=O) groups excluding carboxylic acids is 1. The molecule has 3 aromatic carbocycles. The van der Waals surface area contributed by atoms with Gasteiger partial charge in [-0.15, -0.1) is 0 Å². The van der Waals surface area contributed by atoms with Crippen LogP contribution in [0.2, 0.25) is 0 Å². The van der Waals surface area contributed by atoms with Gasteiger partial charge in [-0.05, 0) is 54.1 Å². The maximum Gasteiger partial charge on any atom is 0.255 e. The van der Waals surface area contributed by atoms with Crippen LogP contribution in [-0.4, -0.2) is 18.7 Å². The third kappa shape index (κ3) is 4.70. The van der Waals surface area contributed by atoms with Crippen molar-refractivity contribution in [3.63, 3.8) is 0 Å². The van der Waals surface area contributed by atoms with Crippen molar-refractivity contribution >= 4 is 23.5 Å². The van der Waals surface area contributed by atoms with Crippen molar-refractivity contribution in [2.45, 2.75) is 0 Å². The fraction of sp³-hybridized carbons (Fsp3) is 0.0476. The first-order valence-electron chi connectivity index (χ1n) is 8.18. The largest absolute Gasteiger partial charge is 0.484 e. The van der Waals surface area contributed by atoms with Gasteiger partial charge >= 0.3 is 0 Å². The second kappa shape index (κ2) is 8.48. The molecule has 0 spiro atoms. The van der Waals surface area contributed by atoms with Crippen molar-refractivity contribution < 1.29 is 9.53 Å². The summed E-state index contributed by atoms with van der Waals surface area (Å²) in [4.78, 5) is 10.8. The number of rotatable bonds is 7. The zero-order valence-corrected chi connectivity index (χ0v) is 14.2. The minimum Gasteiger partial charge on any atom is -0.484 e. The average molecular weight is 345 g/mol. The second-order valence-corrected chi connectivity index (χ2v) is 5.55. The van der Waals surface area contributed by atoms with Gasteiger partial charge in [0.25, 0.3) is 5.91 Å². The summed E-state index contributed by atoms with van der Waals surface area (Å²) in [6.45, 7) is -0.136. The molecule has 0 radical (unpaired) electrons. The van der Waals surface area contributed by atoms with E-state index in [0.29, 0.717) is 5.75 Å². The summed E-state index contributed by atoms with van der Waals surface area (Å²) in [5, 5.41) is 6.50. The smallest absolute Gasteiger partial charge is 0.255 e. The number of benzene rings is 3. The third-order valence-corrected chi connectivity index (χ3v) is 3.58. The predicted octanol–water partition coefficient (Wildman–Crippen LogP) is 3.72. The van der Waals surface area contributed by atoms with Crippen LogP contribution in [-0.2, 0) is 4.79 Å². The van der Waals surface area contributed by atoms with Gasteiger partial charge in [-0.2, -0.15) is 5.10 Å². The Kier molecular flexibility index (Phi) is 5.62. The maximum atomic E-state index is 10.8. The van der Waals surface area contributed by atoms with Gasteiger partial charge in [0.05, 0.1) is 17.6 Å². The lowest BCUT2D eigenvalue weighted by Crippen LogP contribution is -2.19. The highest BCUT2D eigenvalue weighted by molar-refractivity contribution is 5.82. The number of anilines is 2. The Labute approximate surface area is 152 Å². The molecule has 0 unspecified atom stereocenters. The molecule has 0 aliphatic rings. The lowest BCUT2D eigenvalue weighted by molar-refractivity contribution is -0.119. The number of ether oxygens (including phenoxy) is 1. The van der Waals surface area contributed by atoms with Crippen LogP contribution in [0.3, 0.4) is 0 Å². The summed E-state index contributed by atoms with van der Waals surface area (Å²) in [5.74, 6) is 0.0842. The van der Waals surface area contributed by atoms with E-state index < -0.39 is 5.91 Å². The molecule has 5 heteroatoms. The van der Waals surface area contributed by atoms with Crippen LogP contribution in [0.4, 0.5) is 11.4 Å². The van der Waals surface area contributed by atoms with Crippen LogP contribution in [0.5, 0.6) is 5.75 Å². The minimum absolute atomic E-state index is 0.136. The second-order valence-electron chi connectivity index (χ2n) is 5.55. The van der Waals surface area contributed by atoms with E-state index in [1.807, 2.05) is 77.8 Å². The number of hydrazone groups is 1. The molecule has 0 atom stereocenters. The number of carbonyl (C=O) groups is 1. The fourth-order valence-electron chi connectivity index (χ4n) is 2.35. The highest BCUT2D eigenvalue weighted by atomic mass is 16.5. The summed E-state index contributed by atoms with van der Waals surface area (Å²) in [6.07, 6.45) is 1.78. The Bertz CT molecular complexity index is 823. The van der Waals surface area contributed by atoms with E-state index in [1.165, 1.54) is 0 Å². The molecule has 0 heterocycles. The van der Waals surface area contributed by atoms with Crippen molar-refractivity contribution in [1.82, 2.24) is 0 Å². The average Bonchev–Trinajstić information content (AvgIpc) is 2.69. The molecular formula is C21H19N3O2. The Morgan fingerprint density at radius 1 is 0.885 bits per heavy atom. The monoisotopic (exact) mass is 345 g/mol. The van der Waals surface area contributed by atoms with Crippen molar-refractivity contribution in [3.05, 3.63) is 90.5 Å². The van der Waals surface area contributed by atoms with E-state index in [0.717, 1.165) is 16.9 Å². The Morgan fingerprint density at radius 2 is 1.42 bits per heavy atom. The first kappa shape index (κ1) is 17.2. The molecule has 0 bridgehead atoms. The Hall–Kier alpha value is -3.60. The van der Waals surface area contributed by atoms with E-state index in [4.69, 9.17) is 10.5 Å². The summed E-state index contributed by atoms with van der Waals surface area (Å²) < 4.78 is 5.26. The Morgan fingerprint density at radius 3 is 1.92 bits per heavy atom. The van der Waals surface area contributed by atoms with Gasteiger partial charge in [0.1, 0.15) is 5.75 Å². The molecule has 2 N–H and O–H groups in total.